The van der Waals surface area contributed by atoms with E-state index in [-0.39, 0.29) is 23.7 Å². The molecule has 1 unspecified atom stereocenters. The maximum absolute atomic E-state index is 13.7. The summed E-state index contributed by atoms with van der Waals surface area (Å²) < 4.78 is 0. The summed E-state index contributed by atoms with van der Waals surface area (Å²) in [5.41, 5.74) is 3.96. The zero-order chi connectivity index (χ0) is 23.3. The quantitative estimate of drug-likeness (QED) is 0.552. The molecule has 5 heteroatoms. The Morgan fingerprint density at radius 3 is 2.31 bits per heavy atom. The first-order valence-electron chi connectivity index (χ1n) is 11.7. The van der Waals surface area contributed by atoms with E-state index in [1.54, 1.807) is 0 Å². The fourth-order valence-corrected chi connectivity index (χ4v) is 4.02. The molecule has 0 saturated heterocycles. The summed E-state index contributed by atoms with van der Waals surface area (Å²) >= 11 is 0. The van der Waals surface area contributed by atoms with Crippen LogP contribution in [0.1, 0.15) is 57.1 Å². The Kier molecular flexibility index (Phi) is 7.94. The van der Waals surface area contributed by atoms with Gasteiger partial charge in [0.15, 0.2) is 0 Å². The van der Waals surface area contributed by atoms with Crippen LogP contribution < -0.4 is 10.2 Å². The normalized spacial score (nSPS) is 14.2. The molecule has 1 aliphatic carbocycles. The lowest BCUT2D eigenvalue weighted by atomic mass is 9.94. The number of amides is 2. The number of nitrogens with one attached hydrogen (secondary N) is 1. The van der Waals surface area contributed by atoms with E-state index >= 15 is 0 Å². The molecular formula is C27H37N3O2. The minimum absolute atomic E-state index is 0.00501. The van der Waals surface area contributed by atoms with Gasteiger partial charge in [0, 0.05) is 44.5 Å². The fourth-order valence-electron chi connectivity index (χ4n) is 4.02. The number of benzene rings is 2. The van der Waals surface area contributed by atoms with Crippen molar-refractivity contribution in [3.05, 3.63) is 59.7 Å². The Hall–Kier alpha value is -2.82. The van der Waals surface area contributed by atoms with Crippen LogP contribution in [0, 0.1) is 11.8 Å². The van der Waals surface area contributed by atoms with Crippen molar-refractivity contribution in [2.45, 2.75) is 52.5 Å². The molecule has 0 spiro atoms. The molecule has 2 amide bonds. The molecule has 1 atom stereocenters. The van der Waals surface area contributed by atoms with Gasteiger partial charge >= 0.3 is 0 Å². The monoisotopic (exact) mass is 435 g/mol. The van der Waals surface area contributed by atoms with Gasteiger partial charge < -0.3 is 15.1 Å². The van der Waals surface area contributed by atoms with Crippen molar-refractivity contribution in [2.24, 2.45) is 11.8 Å². The van der Waals surface area contributed by atoms with Crippen LogP contribution in [0.15, 0.2) is 48.5 Å². The molecule has 0 bridgehead atoms. The minimum Gasteiger partial charge on any atom is -0.377 e. The molecule has 1 aliphatic rings. The van der Waals surface area contributed by atoms with Gasteiger partial charge in [0.1, 0.15) is 0 Å². The van der Waals surface area contributed by atoms with E-state index in [1.165, 1.54) is 12.8 Å². The van der Waals surface area contributed by atoms with Crippen molar-refractivity contribution in [3.63, 3.8) is 0 Å². The molecular weight excluding hydrogens is 398 g/mol. The molecule has 0 radical (unpaired) electrons. The van der Waals surface area contributed by atoms with Crippen LogP contribution in [-0.2, 0) is 16.1 Å². The third kappa shape index (κ3) is 6.12. The number of hydrogen-bond acceptors (Lipinski definition) is 3. The topological polar surface area (TPSA) is 52.7 Å². The number of rotatable bonds is 10. The van der Waals surface area contributed by atoms with Crippen molar-refractivity contribution in [2.75, 3.05) is 30.9 Å². The Balaban J connectivity index is 1.89. The van der Waals surface area contributed by atoms with Gasteiger partial charge in [0.05, 0.1) is 5.92 Å². The van der Waals surface area contributed by atoms with Gasteiger partial charge in [-0.1, -0.05) is 51.1 Å². The molecule has 2 aromatic rings. The average molecular weight is 436 g/mol. The third-order valence-electron chi connectivity index (χ3n) is 6.11. The lowest BCUT2D eigenvalue weighted by Gasteiger charge is -2.29. The number of hydrogen-bond donors (Lipinski definition) is 1. The summed E-state index contributed by atoms with van der Waals surface area (Å²) in [4.78, 5) is 30.0. The minimum atomic E-state index is -0.137. The highest BCUT2D eigenvalue weighted by Crippen LogP contribution is 2.33. The predicted molar refractivity (Wildman–Crippen MR) is 132 cm³/mol. The van der Waals surface area contributed by atoms with E-state index in [9.17, 15) is 9.59 Å². The first-order chi connectivity index (χ1) is 15.3. The lowest BCUT2D eigenvalue weighted by Crippen LogP contribution is -2.36. The van der Waals surface area contributed by atoms with Crippen LogP contribution in [-0.4, -0.2) is 37.4 Å². The van der Waals surface area contributed by atoms with Gasteiger partial charge in [-0.2, -0.15) is 0 Å². The van der Waals surface area contributed by atoms with Gasteiger partial charge in [0.2, 0.25) is 11.8 Å². The predicted octanol–water partition coefficient (Wildman–Crippen LogP) is 5.28. The number of nitrogens with zero attached hydrogens (tertiary/aromatic N) is 2. The first kappa shape index (κ1) is 23.8. The van der Waals surface area contributed by atoms with Crippen LogP contribution in [0.3, 0.4) is 0 Å². The zero-order valence-electron chi connectivity index (χ0n) is 20.1. The van der Waals surface area contributed by atoms with Crippen molar-refractivity contribution in [1.29, 1.82) is 0 Å². The third-order valence-corrected chi connectivity index (χ3v) is 6.11. The van der Waals surface area contributed by atoms with Gasteiger partial charge in [-0.05, 0) is 54.5 Å². The van der Waals surface area contributed by atoms with E-state index in [2.05, 4.69) is 29.3 Å². The maximum Gasteiger partial charge on any atom is 0.230 e. The van der Waals surface area contributed by atoms with Crippen LogP contribution in [0.2, 0.25) is 0 Å². The number of carbonyl (C=O) groups excluding carboxylic acids is 2. The summed E-state index contributed by atoms with van der Waals surface area (Å²) in [5.74, 6) is 0.554. The standard InChI is InChI=1S/C27H37N3O2/c1-6-24(21-10-8-7-9-11-21)27(32)30(17-20-12-13-20)18-22-16-23(28-26(31)19(2)3)14-15-25(22)29(4)5/h7-11,14-16,19-20,24H,6,12-13,17-18H2,1-5H3,(H,28,31). The number of anilines is 2. The van der Waals surface area contributed by atoms with Gasteiger partial charge in [0.25, 0.3) is 0 Å². The van der Waals surface area contributed by atoms with Gasteiger partial charge in [-0.15, -0.1) is 0 Å². The summed E-state index contributed by atoms with van der Waals surface area (Å²) in [5, 5.41) is 3.00. The Labute approximate surface area is 192 Å². The van der Waals surface area contributed by atoms with Crippen LogP contribution in [0.25, 0.3) is 0 Å². The second-order valence-corrected chi connectivity index (χ2v) is 9.42. The largest absolute Gasteiger partial charge is 0.377 e. The molecule has 1 N–H and O–H groups in total. The Bertz CT molecular complexity index is 920. The SMILES string of the molecule is CCC(C(=O)N(Cc1cc(NC(=O)C(C)C)ccc1N(C)C)CC1CC1)c1ccccc1. The number of carbonyl (C=O) groups is 2. The Morgan fingerprint density at radius 1 is 1.06 bits per heavy atom. The van der Waals surface area contributed by atoms with E-state index in [1.807, 2.05) is 69.2 Å². The highest BCUT2D eigenvalue weighted by atomic mass is 16.2. The van der Waals surface area contributed by atoms with Crippen molar-refractivity contribution in [1.82, 2.24) is 4.90 Å². The van der Waals surface area contributed by atoms with Crippen molar-refractivity contribution in [3.8, 4) is 0 Å². The van der Waals surface area contributed by atoms with E-state index in [0.717, 1.165) is 35.5 Å². The van der Waals surface area contributed by atoms with E-state index < -0.39 is 0 Å². The lowest BCUT2D eigenvalue weighted by molar-refractivity contribution is -0.133. The van der Waals surface area contributed by atoms with Crippen LogP contribution in [0.4, 0.5) is 11.4 Å². The van der Waals surface area contributed by atoms with Gasteiger partial charge in [-0.3, -0.25) is 9.59 Å². The maximum atomic E-state index is 13.7. The second kappa shape index (κ2) is 10.7. The highest BCUT2D eigenvalue weighted by molar-refractivity contribution is 5.92. The summed E-state index contributed by atoms with van der Waals surface area (Å²) in [6, 6.07) is 16.1. The molecule has 3 rings (SSSR count). The van der Waals surface area contributed by atoms with Crippen molar-refractivity contribution >= 4 is 23.2 Å². The molecule has 2 aromatic carbocycles. The molecule has 172 valence electrons. The van der Waals surface area contributed by atoms with Crippen LogP contribution >= 0.6 is 0 Å². The summed E-state index contributed by atoms with van der Waals surface area (Å²) in [6.07, 6.45) is 3.16. The van der Waals surface area contributed by atoms with E-state index in [0.29, 0.717) is 12.5 Å². The van der Waals surface area contributed by atoms with Gasteiger partial charge in [-0.25, -0.2) is 0 Å². The van der Waals surface area contributed by atoms with Crippen LogP contribution in [0.5, 0.6) is 0 Å². The molecule has 5 nitrogen and oxygen atoms in total. The molecule has 0 aliphatic heterocycles. The molecule has 32 heavy (non-hydrogen) atoms. The fraction of sp³-hybridized carbons (Fsp3) is 0.481. The summed E-state index contributed by atoms with van der Waals surface area (Å²) in [6.45, 7) is 7.18. The first-order valence-corrected chi connectivity index (χ1v) is 11.7. The van der Waals surface area contributed by atoms with Crippen molar-refractivity contribution < 1.29 is 9.59 Å². The Morgan fingerprint density at radius 2 is 1.75 bits per heavy atom. The smallest absolute Gasteiger partial charge is 0.230 e. The molecule has 1 saturated carbocycles. The molecule has 0 aromatic heterocycles. The average Bonchev–Trinajstić information content (AvgIpc) is 3.58. The molecule has 1 fully saturated rings. The summed E-state index contributed by atoms with van der Waals surface area (Å²) in [7, 11) is 4.02. The van der Waals surface area contributed by atoms with E-state index in [4.69, 9.17) is 0 Å². The molecule has 0 heterocycles. The second-order valence-electron chi connectivity index (χ2n) is 9.42. The highest BCUT2D eigenvalue weighted by Gasteiger charge is 2.31. The zero-order valence-corrected chi connectivity index (χ0v) is 20.1.